The summed E-state index contributed by atoms with van der Waals surface area (Å²) in [5.41, 5.74) is 2.47. The molecule has 0 saturated carbocycles. The van der Waals surface area contributed by atoms with Crippen LogP contribution < -0.4 is 10.6 Å². The van der Waals surface area contributed by atoms with Crippen LogP contribution in [0.2, 0.25) is 0 Å². The molecule has 1 amide bonds. The Morgan fingerprint density at radius 2 is 2.05 bits per heavy atom. The minimum Gasteiger partial charge on any atom is -0.390 e. The first-order chi connectivity index (χ1) is 10.2. The van der Waals surface area contributed by atoms with Crippen molar-refractivity contribution in [2.24, 2.45) is 0 Å². The van der Waals surface area contributed by atoms with Crippen molar-refractivity contribution >= 4 is 11.7 Å². The van der Waals surface area contributed by atoms with Gasteiger partial charge in [0.2, 0.25) is 0 Å². The highest BCUT2D eigenvalue weighted by Gasteiger charge is 2.30. The molecule has 0 fully saturated rings. The molecule has 1 aromatic heterocycles. The number of aliphatic hydroxyl groups excluding tert-OH is 1. The zero-order chi connectivity index (χ0) is 14.8. The van der Waals surface area contributed by atoms with Gasteiger partial charge in [0, 0.05) is 13.5 Å². The van der Waals surface area contributed by atoms with Gasteiger partial charge in [0.1, 0.15) is 5.82 Å². The molecule has 21 heavy (non-hydrogen) atoms. The standard InChI is InChI=1S/C15H16N4O2/c1-16-15(21)11-6-7-13(19-18-11)17-14-10-5-3-2-4-9(10)8-12(14)20/h2-7,12,14,20H,8H2,1H3,(H,16,21)(H,17,19)/t12-,14+/m1/s1. The molecule has 0 radical (unpaired) electrons. The molecular formula is C15H16N4O2. The molecule has 6 nitrogen and oxygen atoms in total. The van der Waals surface area contributed by atoms with Crippen LogP contribution in [0.1, 0.15) is 27.7 Å². The SMILES string of the molecule is CNC(=O)c1ccc(N[C@H]2c3ccccc3C[C@H]2O)nn1. The Bertz CT molecular complexity index is 657. The largest absolute Gasteiger partial charge is 0.390 e. The third-order valence-corrected chi connectivity index (χ3v) is 3.63. The van der Waals surface area contributed by atoms with Gasteiger partial charge >= 0.3 is 0 Å². The molecule has 6 heteroatoms. The molecule has 1 heterocycles. The fourth-order valence-electron chi connectivity index (χ4n) is 2.57. The molecule has 1 aliphatic rings. The number of hydrogen-bond acceptors (Lipinski definition) is 5. The number of nitrogens with one attached hydrogen (secondary N) is 2. The first kappa shape index (κ1) is 13.5. The predicted molar refractivity (Wildman–Crippen MR) is 77.9 cm³/mol. The number of rotatable bonds is 3. The number of hydrogen-bond donors (Lipinski definition) is 3. The summed E-state index contributed by atoms with van der Waals surface area (Å²) in [6.07, 6.45) is 0.125. The van der Waals surface area contributed by atoms with Gasteiger partial charge in [-0.25, -0.2) is 0 Å². The summed E-state index contributed by atoms with van der Waals surface area (Å²) >= 11 is 0. The minimum absolute atomic E-state index is 0.207. The molecular weight excluding hydrogens is 268 g/mol. The quantitative estimate of drug-likeness (QED) is 0.779. The molecule has 0 aliphatic heterocycles. The molecule has 2 aromatic rings. The number of aromatic nitrogens is 2. The predicted octanol–water partition coefficient (Wildman–Crippen LogP) is 0.906. The number of carbonyl (C=O) groups excluding carboxylic acids is 1. The Labute approximate surface area is 122 Å². The van der Waals surface area contributed by atoms with Gasteiger partial charge in [-0.1, -0.05) is 24.3 Å². The lowest BCUT2D eigenvalue weighted by Gasteiger charge is -2.18. The first-order valence-corrected chi connectivity index (χ1v) is 6.77. The molecule has 1 aromatic carbocycles. The smallest absolute Gasteiger partial charge is 0.271 e. The number of benzene rings is 1. The number of nitrogens with zero attached hydrogens (tertiary/aromatic N) is 2. The Morgan fingerprint density at radius 1 is 1.24 bits per heavy atom. The van der Waals surface area contributed by atoms with Gasteiger partial charge in [-0.3, -0.25) is 4.79 Å². The summed E-state index contributed by atoms with van der Waals surface area (Å²) in [4.78, 5) is 11.4. The van der Waals surface area contributed by atoms with Gasteiger partial charge in [0.15, 0.2) is 5.69 Å². The van der Waals surface area contributed by atoms with Crippen molar-refractivity contribution in [1.82, 2.24) is 15.5 Å². The van der Waals surface area contributed by atoms with Crippen LogP contribution in [0.4, 0.5) is 5.82 Å². The second-order valence-corrected chi connectivity index (χ2v) is 4.98. The van der Waals surface area contributed by atoms with Crippen LogP contribution in [0.3, 0.4) is 0 Å². The number of amides is 1. The van der Waals surface area contributed by atoms with Crippen LogP contribution in [0.5, 0.6) is 0 Å². The van der Waals surface area contributed by atoms with Crippen molar-refractivity contribution in [2.45, 2.75) is 18.6 Å². The number of aliphatic hydroxyl groups is 1. The van der Waals surface area contributed by atoms with Crippen molar-refractivity contribution in [1.29, 1.82) is 0 Å². The van der Waals surface area contributed by atoms with E-state index in [9.17, 15) is 9.90 Å². The Hall–Kier alpha value is -2.47. The van der Waals surface area contributed by atoms with Crippen LogP contribution in [-0.2, 0) is 6.42 Å². The van der Waals surface area contributed by atoms with E-state index in [1.54, 1.807) is 19.2 Å². The summed E-state index contributed by atoms with van der Waals surface area (Å²) in [6.45, 7) is 0. The van der Waals surface area contributed by atoms with Crippen LogP contribution in [0.25, 0.3) is 0 Å². The monoisotopic (exact) mass is 284 g/mol. The summed E-state index contributed by atoms with van der Waals surface area (Å²) in [7, 11) is 1.54. The topological polar surface area (TPSA) is 87.1 Å². The van der Waals surface area contributed by atoms with E-state index >= 15 is 0 Å². The average Bonchev–Trinajstić information content (AvgIpc) is 2.83. The van der Waals surface area contributed by atoms with Crippen LogP contribution in [0.15, 0.2) is 36.4 Å². The summed E-state index contributed by atoms with van der Waals surface area (Å²) in [6, 6.07) is 11.0. The molecule has 0 spiro atoms. The van der Waals surface area contributed by atoms with Gasteiger partial charge in [0.05, 0.1) is 12.1 Å². The highest BCUT2D eigenvalue weighted by atomic mass is 16.3. The van der Waals surface area contributed by atoms with Crippen molar-refractivity contribution in [3.8, 4) is 0 Å². The van der Waals surface area contributed by atoms with Crippen LogP contribution in [-0.4, -0.2) is 34.4 Å². The molecule has 0 bridgehead atoms. The van der Waals surface area contributed by atoms with Gasteiger partial charge in [-0.05, 0) is 23.3 Å². The van der Waals surface area contributed by atoms with Crippen molar-refractivity contribution in [3.63, 3.8) is 0 Å². The van der Waals surface area contributed by atoms with E-state index in [-0.39, 0.29) is 17.6 Å². The normalized spacial score (nSPS) is 19.9. The summed E-state index contributed by atoms with van der Waals surface area (Å²) < 4.78 is 0. The van der Waals surface area contributed by atoms with Gasteiger partial charge < -0.3 is 15.7 Å². The number of anilines is 1. The lowest BCUT2D eigenvalue weighted by atomic mass is 10.1. The highest BCUT2D eigenvalue weighted by Crippen LogP contribution is 2.33. The first-order valence-electron chi connectivity index (χ1n) is 6.77. The Morgan fingerprint density at radius 3 is 2.76 bits per heavy atom. The molecule has 3 rings (SSSR count). The van der Waals surface area contributed by atoms with E-state index < -0.39 is 6.10 Å². The van der Waals surface area contributed by atoms with Crippen molar-refractivity contribution in [3.05, 3.63) is 53.2 Å². The second kappa shape index (κ2) is 5.49. The third-order valence-electron chi connectivity index (χ3n) is 3.63. The Balaban J connectivity index is 1.79. The van der Waals surface area contributed by atoms with Crippen LogP contribution >= 0.6 is 0 Å². The molecule has 1 aliphatic carbocycles. The fourth-order valence-corrected chi connectivity index (χ4v) is 2.57. The van der Waals surface area contributed by atoms with E-state index in [4.69, 9.17) is 0 Å². The maximum Gasteiger partial charge on any atom is 0.271 e. The Kier molecular flexibility index (Phi) is 3.53. The maximum atomic E-state index is 11.4. The molecule has 0 saturated heterocycles. The summed E-state index contributed by atoms with van der Waals surface area (Å²) in [5, 5.41) is 23.7. The van der Waals surface area contributed by atoms with Crippen LogP contribution in [0, 0.1) is 0 Å². The minimum atomic E-state index is -0.497. The second-order valence-electron chi connectivity index (χ2n) is 4.98. The number of fused-ring (bicyclic) bond motifs is 1. The fraction of sp³-hybridized carbons (Fsp3) is 0.267. The zero-order valence-electron chi connectivity index (χ0n) is 11.6. The molecule has 2 atom stereocenters. The van der Waals surface area contributed by atoms with Gasteiger partial charge in [-0.2, -0.15) is 0 Å². The van der Waals surface area contributed by atoms with Crippen molar-refractivity contribution < 1.29 is 9.90 Å². The van der Waals surface area contributed by atoms with E-state index in [1.807, 2.05) is 24.3 Å². The van der Waals surface area contributed by atoms with E-state index in [0.29, 0.717) is 12.2 Å². The number of carbonyl (C=O) groups is 1. The van der Waals surface area contributed by atoms with E-state index in [2.05, 4.69) is 20.8 Å². The third kappa shape index (κ3) is 2.57. The van der Waals surface area contributed by atoms with Gasteiger partial charge in [-0.15, -0.1) is 10.2 Å². The van der Waals surface area contributed by atoms with Crippen molar-refractivity contribution in [2.75, 3.05) is 12.4 Å². The lowest BCUT2D eigenvalue weighted by molar-refractivity contribution is 0.0957. The zero-order valence-corrected chi connectivity index (χ0v) is 11.6. The maximum absolute atomic E-state index is 11.4. The molecule has 3 N–H and O–H groups in total. The lowest BCUT2D eigenvalue weighted by Crippen LogP contribution is -2.23. The highest BCUT2D eigenvalue weighted by molar-refractivity contribution is 5.91. The summed E-state index contributed by atoms with van der Waals surface area (Å²) in [5.74, 6) is 0.253. The van der Waals surface area contributed by atoms with E-state index in [1.165, 1.54) is 0 Å². The van der Waals surface area contributed by atoms with E-state index in [0.717, 1.165) is 11.1 Å². The molecule has 108 valence electrons. The molecule has 0 unspecified atom stereocenters. The average molecular weight is 284 g/mol. The van der Waals surface area contributed by atoms with Gasteiger partial charge in [0.25, 0.3) is 5.91 Å².